The van der Waals surface area contributed by atoms with E-state index in [9.17, 15) is 0 Å². The van der Waals surface area contributed by atoms with E-state index >= 15 is 0 Å². The van der Waals surface area contributed by atoms with E-state index < -0.39 is 0 Å². The van der Waals surface area contributed by atoms with E-state index in [0.29, 0.717) is 6.61 Å². The van der Waals surface area contributed by atoms with Crippen molar-refractivity contribution in [2.75, 3.05) is 13.2 Å². The molecule has 0 fully saturated rings. The zero-order valence-corrected chi connectivity index (χ0v) is 11.8. The van der Waals surface area contributed by atoms with Gasteiger partial charge in [0.2, 0.25) is 0 Å². The van der Waals surface area contributed by atoms with E-state index in [1.54, 1.807) is 0 Å². The summed E-state index contributed by atoms with van der Waals surface area (Å²) in [6, 6.07) is 8.22. The number of rotatable bonds is 7. The summed E-state index contributed by atoms with van der Waals surface area (Å²) in [4.78, 5) is 4.68. The number of ether oxygens (including phenoxy) is 1. The number of fused-ring (bicyclic) bond motifs is 1. The maximum absolute atomic E-state index is 6.11. The van der Waals surface area contributed by atoms with Crippen LogP contribution in [0.3, 0.4) is 0 Å². The van der Waals surface area contributed by atoms with E-state index in [1.165, 1.54) is 5.52 Å². The van der Waals surface area contributed by atoms with E-state index in [4.69, 9.17) is 10.5 Å². The third kappa shape index (κ3) is 3.33. The van der Waals surface area contributed by atoms with Gasteiger partial charge in [0.15, 0.2) is 0 Å². The third-order valence-corrected chi connectivity index (χ3v) is 3.17. The number of nitrogens with two attached hydrogens (primary N) is 1. The zero-order valence-electron chi connectivity index (χ0n) is 11.8. The van der Waals surface area contributed by atoms with E-state index in [1.807, 2.05) is 18.2 Å². The first-order valence-corrected chi connectivity index (χ1v) is 7.03. The minimum absolute atomic E-state index is 0.00802. The first kappa shape index (κ1) is 14.0. The van der Waals surface area contributed by atoms with Crippen LogP contribution in [0.25, 0.3) is 11.0 Å². The van der Waals surface area contributed by atoms with E-state index in [-0.39, 0.29) is 6.04 Å². The summed E-state index contributed by atoms with van der Waals surface area (Å²) in [7, 11) is 0. The van der Waals surface area contributed by atoms with Crippen LogP contribution < -0.4 is 5.73 Å². The Balaban J connectivity index is 2.11. The van der Waals surface area contributed by atoms with Crippen molar-refractivity contribution in [3.8, 4) is 0 Å². The molecule has 1 aromatic carbocycles. The average Bonchev–Trinajstić information content (AvgIpc) is 2.76. The lowest BCUT2D eigenvalue weighted by Gasteiger charge is -2.12. The quantitative estimate of drug-likeness (QED) is 0.778. The second-order valence-electron chi connectivity index (χ2n) is 4.80. The lowest BCUT2D eigenvalue weighted by Crippen LogP contribution is -2.30. The van der Waals surface area contributed by atoms with Gasteiger partial charge < -0.3 is 15.0 Å². The van der Waals surface area contributed by atoms with Crippen molar-refractivity contribution in [3.63, 3.8) is 0 Å². The lowest BCUT2D eigenvalue weighted by molar-refractivity contribution is 0.121. The summed E-state index contributed by atoms with van der Waals surface area (Å²) in [5.41, 5.74) is 8.34. The Bertz CT molecular complexity index is 521. The van der Waals surface area contributed by atoms with Crippen LogP contribution >= 0.6 is 0 Å². The monoisotopic (exact) mass is 261 g/mol. The standard InChI is InChI=1S/C15H23N3O/c1-3-9-19-11-12(16)10-15-17-13-7-5-6-8-14(13)18(15)4-2/h5-8,12H,3-4,9-11,16H2,1-2H3. The molecule has 0 aliphatic heterocycles. The fraction of sp³-hybridized carbons (Fsp3) is 0.533. The zero-order chi connectivity index (χ0) is 13.7. The van der Waals surface area contributed by atoms with Gasteiger partial charge in [-0.3, -0.25) is 0 Å². The number of hydrogen-bond acceptors (Lipinski definition) is 3. The number of hydrogen-bond donors (Lipinski definition) is 1. The smallest absolute Gasteiger partial charge is 0.111 e. The molecule has 4 nitrogen and oxygen atoms in total. The summed E-state index contributed by atoms with van der Waals surface area (Å²) in [5.74, 6) is 1.05. The molecule has 19 heavy (non-hydrogen) atoms. The van der Waals surface area contributed by atoms with Crippen molar-refractivity contribution in [2.24, 2.45) is 5.73 Å². The molecule has 0 bridgehead atoms. The van der Waals surface area contributed by atoms with Crippen LogP contribution in [-0.2, 0) is 17.7 Å². The first-order chi connectivity index (χ1) is 9.26. The van der Waals surface area contributed by atoms with E-state index in [0.717, 1.165) is 37.3 Å². The fourth-order valence-corrected chi connectivity index (χ4v) is 2.31. The Morgan fingerprint density at radius 3 is 2.84 bits per heavy atom. The normalized spacial score (nSPS) is 13.0. The second-order valence-corrected chi connectivity index (χ2v) is 4.80. The van der Waals surface area contributed by atoms with Crippen molar-refractivity contribution < 1.29 is 4.74 Å². The molecule has 104 valence electrons. The highest BCUT2D eigenvalue weighted by Crippen LogP contribution is 2.16. The summed E-state index contributed by atoms with van der Waals surface area (Å²) in [5, 5.41) is 0. The van der Waals surface area contributed by atoms with Gasteiger partial charge in [0.05, 0.1) is 17.6 Å². The summed E-state index contributed by atoms with van der Waals surface area (Å²) < 4.78 is 7.73. The maximum atomic E-state index is 6.11. The first-order valence-electron chi connectivity index (χ1n) is 7.03. The molecule has 2 rings (SSSR count). The van der Waals surface area contributed by atoms with Gasteiger partial charge in [0.1, 0.15) is 5.82 Å². The number of para-hydroxylation sites is 2. The predicted octanol–water partition coefficient (Wildman–Crippen LogP) is 2.35. The highest BCUT2D eigenvalue weighted by Gasteiger charge is 2.12. The van der Waals surface area contributed by atoms with Gasteiger partial charge in [0.25, 0.3) is 0 Å². The Morgan fingerprint density at radius 1 is 1.32 bits per heavy atom. The van der Waals surface area contributed by atoms with Crippen molar-refractivity contribution in [3.05, 3.63) is 30.1 Å². The topological polar surface area (TPSA) is 53.1 Å². The van der Waals surface area contributed by atoms with Crippen molar-refractivity contribution >= 4 is 11.0 Å². The van der Waals surface area contributed by atoms with Gasteiger partial charge in [-0.25, -0.2) is 4.98 Å². The maximum Gasteiger partial charge on any atom is 0.111 e. The number of imidazole rings is 1. The van der Waals surface area contributed by atoms with Gasteiger partial charge in [-0.1, -0.05) is 19.1 Å². The van der Waals surface area contributed by atoms with Crippen LogP contribution in [0.2, 0.25) is 0 Å². The Hall–Kier alpha value is -1.39. The molecule has 1 atom stereocenters. The number of benzene rings is 1. The molecular formula is C15H23N3O. The van der Waals surface area contributed by atoms with Gasteiger partial charge >= 0.3 is 0 Å². The molecule has 2 aromatic rings. The highest BCUT2D eigenvalue weighted by atomic mass is 16.5. The SMILES string of the molecule is CCCOCC(N)Cc1nc2ccccc2n1CC. The Labute approximate surface area is 114 Å². The van der Waals surface area contributed by atoms with Crippen LogP contribution in [0.15, 0.2) is 24.3 Å². The van der Waals surface area contributed by atoms with E-state index in [2.05, 4.69) is 29.5 Å². The van der Waals surface area contributed by atoms with Gasteiger partial charge in [-0.2, -0.15) is 0 Å². The van der Waals surface area contributed by atoms with Crippen LogP contribution in [0.5, 0.6) is 0 Å². The van der Waals surface area contributed by atoms with Crippen molar-refractivity contribution in [2.45, 2.75) is 39.3 Å². The molecule has 0 saturated carbocycles. The van der Waals surface area contributed by atoms with Gasteiger partial charge in [0, 0.05) is 25.6 Å². The molecule has 1 heterocycles. The molecule has 0 spiro atoms. The van der Waals surface area contributed by atoms with Crippen LogP contribution in [0.4, 0.5) is 0 Å². The number of aromatic nitrogens is 2. The average molecular weight is 261 g/mol. The summed E-state index contributed by atoms with van der Waals surface area (Å²) in [6.07, 6.45) is 1.78. The molecule has 0 aliphatic rings. The third-order valence-electron chi connectivity index (χ3n) is 3.17. The molecule has 0 amide bonds. The van der Waals surface area contributed by atoms with Crippen LogP contribution in [-0.4, -0.2) is 28.8 Å². The summed E-state index contributed by atoms with van der Waals surface area (Å²) >= 11 is 0. The van der Waals surface area contributed by atoms with Gasteiger partial charge in [-0.05, 0) is 25.5 Å². The largest absolute Gasteiger partial charge is 0.380 e. The lowest BCUT2D eigenvalue weighted by atomic mass is 10.2. The number of nitrogens with zero attached hydrogens (tertiary/aromatic N) is 2. The minimum atomic E-state index is 0.00802. The molecule has 0 saturated heterocycles. The Morgan fingerprint density at radius 2 is 2.11 bits per heavy atom. The van der Waals surface area contributed by atoms with Crippen LogP contribution in [0, 0.1) is 0 Å². The van der Waals surface area contributed by atoms with Crippen molar-refractivity contribution in [1.82, 2.24) is 9.55 Å². The predicted molar refractivity (Wildman–Crippen MR) is 78.2 cm³/mol. The Kier molecular flexibility index (Phi) is 4.93. The molecule has 4 heteroatoms. The molecule has 2 N–H and O–H groups in total. The molecule has 0 aliphatic carbocycles. The molecule has 0 radical (unpaired) electrons. The minimum Gasteiger partial charge on any atom is -0.380 e. The highest BCUT2D eigenvalue weighted by molar-refractivity contribution is 5.75. The fourth-order valence-electron chi connectivity index (χ4n) is 2.31. The molecule has 1 aromatic heterocycles. The molecule has 1 unspecified atom stereocenters. The number of aryl methyl sites for hydroxylation is 1. The summed E-state index contributed by atoms with van der Waals surface area (Å²) in [6.45, 7) is 6.52. The second kappa shape index (κ2) is 6.68. The molecular weight excluding hydrogens is 238 g/mol. The van der Waals surface area contributed by atoms with Gasteiger partial charge in [-0.15, -0.1) is 0 Å². The van der Waals surface area contributed by atoms with Crippen molar-refractivity contribution in [1.29, 1.82) is 0 Å². The van der Waals surface area contributed by atoms with Crippen LogP contribution in [0.1, 0.15) is 26.1 Å².